The SMILES string of the molecule is CCC(C)(C)Oc1ccccc1N=CC1C(=O)CCCC1=O. The highest BCUT2D eigenvalue weighted by Crippen LogP contribution is 2.31. The van der Waals surface area contributed by atoms with E-state index in [2.05, 4.69) is 11.9 Å². The van der Waals surface area contributed by atoms with E-state index in [1.807, 2.05) is 38.1 Å². The lowest BCUT2D eigenvalue weighted by molar-refractivity contribution is -0.132. The zero-order valence-electron chi connectivity index (χ0n) is 13.5. The van der Waals surface area contributed by atoms with Gasteiger partial charge < -0.3 is 4.74 Å². The first kappa shape index (κ1) is 16.4. The molecule has 0 spiro atoms. The molecule has 1 aliphatic carbocycles. The van der Waals surface area contributed by atoms with Gasteiger partial charge in [0.05, 0.1) is 0 Å². The van der Waals surface area contributed by atoms with E-state index < -0.39 is 5.92 Å². The van der Waals surface area contributed by atoms with E-state index in [0.29, 0.717) is 30.7 Å². The second-order valence-corrected chi connectivity index (χ2v) is 6.23. The van der Waals surface area contributed by atoms with Crippen molar-refractivity contribution in [2.75, 3.05) is 0 Å². The first-order chi connectivity index (χ1) is 10.4. The van der Waals surface area contributed by atoms with Crippen LogP contribution in [-0.2, 0) is 9.59 Å². The van der Waals surface area contributed by atoms with Gasteiger partial charge in [-0.1, -0.05) is 19.1 Å². The lowest BCUT2D eigenvalue weighted by Gasteiger charge is -2.25. The molecular formula is C18H23NO3. The zero-order valence-corrected chi connectivity index (χ0v) is 13.5. The van der Waals surface area contributed by atoms with Gasteiger partial charge in [-0.25, -0.2) is 0 Å². The lowest BCUT2D eigenvalue weighted by Crippen LogP contribution is -2.29. The number of hydrogen-bond donors (Lipinski definition) is 0. The number of ketones is 2. The number of aliphatic imine (C=N–C) groups is 1. The minimum atomic E-state index is -0.694. The van der Waals surface area contributed by atoms with Crippen LogP contribution in [0.1, 0.15) is 46.5 Å². The average Bonchev–Trinajstić information content (AvgIpc) is 2.48. The van der Waals surface area contributed by atoms with Crippen LogP contribution in [0.2, 0.25) is 0 Å². The maximum Gasteiger partial charge on any atom is 0.148 e. The maximum atomic E-state index is 11.8. The van der Waals surface area contributed by atoms with Gasteiger partial charge in [-0.2, -0.15) is 0 Å². The second kappa shape index (κ2) is 6.86. The minimum absolute atomic E-state index is 0.0349. The Labute approximate surface area is 131 Å². The van der Waals surface area contributed by atoms with Gasteiger partial charge in [-0.15, -0.1) is 0 Å². The summed E-state index contributed by atoms with van der Waals surface area (Å²) in [6.45, 7) is 6.09. The summed E-state index contributed by atoms with van der Waals surface area (Å²) in [6, 6.07) is 7.43. The summed E-state index contributed by atoms with van der Waals surface area (Å²) in [5, 5.41) is 0. The van der Waals surface area contributed by atoms with Crippen molar-refractivity contribution >= 4 is 23.5 Å². The van der Waals surface area contributed by atoms with E-state index >= 15 is 0 Å². The molecule has 1 aliphatic rings. The van der Waals surface area contributed by atoms with Gasteiger partial charge >= 0.3 is 0 Å². The summed E-state index contributed by atoms with van der Waals surface area (Å²) in [6.07, 6.45) is 3.93. The molecule has 0 N–H and O–H groups in total. The van der Waals surface area contributed by atoms with Crippen molar-refractivity contribution in [3.63, 3.8) is 0 Å². The van der Waals surface area contributed by atoms with Gasteiger partial charge in [0.2, 0.25) is 0 Å². The minimum Gasteiger partial charge on any atom is -0.486 e. The Morgan fingerprint density at radius 3 is 2.50 bits per heavy atom. The number of carbonyl (C=O) groups is 2. The van der Waals surface area contributed by atoms with E-state index in [-0.39, 0.29) is 17.2 Å². The number of rotatable bonds is 5. The van der Waals surface area contributed by atoms with E-state index in [1.165, 1.54) is 6.21 Å². The molecule has 22 heavy (non-hydrogen) atoms. The van der Waals surface area contributed by atoms with E-state index in [0.717, 1.165) is 6.42 Å². The Bertz CT molecular complexity index is 574. The third-order valence-corrected chi connectivity index (χ3v) is 4.01. The van der Waals surface area contributed by atoms with Gasteiger partial charge in [0.25, 0.3) is 0 Å². The highest BCUT2D eigenvalue weighted by Gasteiger charge is 2.28. The third-order valence-electron chi connectivity index (χ3n) is 4.01. The monoisotopic (exact) mass is 301 g/mol. The van der Waals surface area contributed by atoms with Crippen molar-refractivity contribution in [1.82, 2.24) is 0 Å². The molecule has 0 radical (unpaired) electrons. The number of nitrogens with zero attached hydrogens (tertiary/aromatic N) is 1. The van der Waals surface area contributed by atoms with Crippen LogP contribution in [0.3, 0.4) is 0 Å². The molecule has 0 amide bonds. The van der Waals surface area contributed by atoms with E-state index in [1.54, 1.807) is 0 Å². The molecule has 1 fully saturated rings. The molecule has 118 valence electrons. The molecule has 4 heteroatoms. The van der Waals surface area contributed by atoms with Crippen molar-refractivity contribution in [1.29, 1.82) is 0 Å². The highest BCUT2D eigenvalue weighted by atomic mass is 16.5. The molecule has 0 heterocycles. The van der Waals surface area contributed by atoms with Crippen LogP contribution in [0.4, 0.5) is 5.69 Å². The Balaban J connectivity index is 2.20. The van der Waals surface area contributed by atoms with Crippen molar-refractivity contribution in [2.24, 2.45) is 10.9 Å². The second-order valence-electron chi connectivity index (χ2n) is 6.23. The van der Waals surface area contributed by atoms with Crippen LogP contribution in [0.15, 0.2) is 29.3 Å². The molecule has 0 aromatic heterocycles. The van der Waals surface area contributed by atoms with Gasteiger partial charge in [0.1, 0.15) is 34.5 Å². The predicted octanol–water partition coefficient (Wildman–Crippen LogP) is 3.89. The smallest absolute Gasteiger partial charge is 0.148 e. The van der Waals surface area contributed by atoms with Crippen LogP contribution in [0, 0.1) is 5.92 Å². The summed E-state index contributed by atoms with van der Waals surface area (Å²) < 4.78 is 5.99. The summed E-state index contributed by atoms with van der Waals surface area (Å²) in [5.41, 5.74) is 0.359. The van der Waals surface area contributed by atoms with E-state index in [4.69, 9.17) is 4.74 Å². The molecule has 0 bridgehead atoms. The number of Topliss-reactive ketones (excluding diaryl/α,β-unsaturated/α-hetero) is 2. The first-order valence-electron chi connectivity index (χ1n) is 7.80. The molecule has 1 saturated carbocycles. The molecule has 4 nitrogen and oxygen atoms in total. The normalized spacial score (nSPS) is 17.2. The molecule has 0 saturated heterocycles. The Kier molecular flexibility index (Phi) is 5.11. The molecule has 2 rings (SSSR count). The van der Waals surface area contributed by atoms with Gasteiger partial charge in [0, 0.05) is 19.1 Å². The van der Waals surface area contributed by atoms with Crippen LogP contribution in [0.5, 0.6) is 5.75 Å². The molecule has 0 unspecified atom stereocenters. The fourth-order valence-corrected chi connectivity index (χ4v) is 2.27. The van der Waals surface area contributed by atoms with Gasteiger partial charge in [0.15, 0.2) is 0 Å². The molecular weight excluding hydrogens is 278 g/mol. The Morgan fingerprint density at radius 1 is 1.23 bits per heavy atom. The van der Waals surface area contributed by atoms with Gasteiger partial charge in [-0.3, -0.25) is 14.6 Å². The van der Waals surface area contributed by atoms with Crippen LogP contribution < -0.4 is 4.74 Å². The number of carbonyl (C=O) groups excluding carboxylic acids is 2. The fraction of sp³-hybridized carbons (Fsp3) is 0.500. The fourth-order valence-electron chi connectivity index (χ4n) is 2.27. The van der Waals surface area contributed by atoms with Crippen molar-refractivity contribution in [3.8, 4) is 5.75 Å². The van der Waals surface area contributed by atoms with E-state index in [9.17, 15) is 9.59 Å². The quantitative estimate of drug-likeness (QED) is 0.612. The van der Waals surface area contributed by atoms with Crippen molar-refractivity contribution in [2.45, 2.75) is 52.1 Å². The van der Waals surface area contributed by atoms with Crippen molar-refractivity contribution < 1.29 is 14.3 Å². The first-order valence-corrected chi connectivity index (χ1v) is 7.80. The third kappa shape index (κ3) is 4.03. The Hall–Kier alpha value is -1.97. The van der Waals surface area contributed by atoms with Crippen LogP contribution in [0.25, 0.3) is 0 Å². The summed E-state index contributed by atoms with van der Waals surface area (Å²) in [4.78, 5) is 28.0. The topological polar surface area (TPSA) is 55.7 Å². The zero-order chi connectivity index (χ0) is 16.2. The number of benzene rings is 1. The molecule has 1 aromatic carbocycles. The predicted molar refractivity (Wildman–Crippen MR) is 86.9 cm³/mol. The number of ether oxygens (including phenoxy) is 1. The number of hydrogen-bond acceptors (Lipinski definition) is 4. The Morgan fingerprint density at radius 2 is 1.86 bits per heavy atom. The average molecular weight is 301 g/mol. The maximum absolute atomic E-state index is 11.8. The summed E-state index contributed by atoms with van der Waals surface area (Å²) >= 11 is 0. The van der Waals surface area contributed by atoms with Crippen molar-refractivity contribution in [3.05, 3.63) is 24.3 Å². The lowest BCUT2D eigenvalue weighted by atomic mass is 9.87. The largest absolute Gasteiger partial charge is 0.486 e. The van der Waals surface area contributed by atoms with Crippen LogP contribution >= 0.6 is 0 Å². The highest BCUT2D eigenvalue weighted by molar-refractivity contribution is 6.16. The summed E-state index contributed by atoms with van der Waals surface area (Å²) in [7, 11) is 0. The van der Waals surface area contributed by atoms with Crippen LogP contribution in [-0.4, -0.2) is 23.4 Å². The summed E-state index contributed by atoms with van der Waals surface area (Å²) in [5.74, 6) is -0.0955. The molecule has 1 aromatic rings. The standard InChI is InChI=1S/C18H23NO3/c1-4-18(2,3)22-17-11-6-5-8-14(17)19-12-13-15(20)9-7-10-16(13)21/h5-6,8,11-13H,4,7,9-10H2,1-3H3. The van der Waals surface area contributed by atoms with Gasteiger partial charge in [-0.05, 0) is 38.8 Å². The molecule has 0 atom stereocenters. The molecule has 0 aliphatic heterocycles. The number of para-hydroxylation sites is 2.